The Bertz CT molecular complexity index is 1180. The molecule has 0 spiro atoms. The number of hydrogen-bond acceptors (Lipinski definition) is 7. The molecule has 4 rings (SSSR count). The first-order chi connectivity index (χ1) is 15.3. The van der Waals surface area contributed by atoms with E-state index in [4.69, 9.17) is 9.47 Å². The average molecular weight is 448 g/mol. The summed E-state index contributed by atoms with van der Waals surface area (Å²) in [7, 11) is 3.32. The summed E-state index contributed by atoms with van der Waals surface area (Å²) in [6.07, 6.45) is 1.80. The average Bonchev–Trinajstić information content (AvgIpc) is 3.30. The van der Waals surface area contributed by atoms with Gasteiger partial charge in [0.2, 0.25) is 5.13 Å². The van der Waals surface area contributed by atoms with E-state index in [2.05, 4.69) is 21.6 Å². The fourth-order valence-corrected chi connectivity index (χ4v) is 4.60. The lowest BCUT2D eigenvalue weighted by Gasteiger charge is -2.11. The molecule has 0 saturated carbocycles. The molecule has 3 aromatic carbocycles. The number of benzene rings is 3. The van der Waals surface area contributed by atoms with Crippen LogP contribution in [0.5, 0.6) is 11.5 Å². The number of ether oxygens (including phenoxy) is 2. The summed E-state index contributed by atoms with van der Waals surface area (Å²) in [5.41, 5.74) is 6.05. The van der Waals surface area contributed by atoms with Crippen LogP contribution in [0.25, 0.3) is 11.3 Å². The highest BCUT2D eigenvalue weighted by Gasteiger charge is 2.10. The maximum Gasteiger partial charge on any atom is 0.203 e. The van der Waals surface area contributed by atoms with Gasteiger partial charge in [0, 0.05) is 21.4 Å². The van der Waals surface area contributed by atoms with Crippen molar-refractivity contribution in [2.24, 2.45) is 5.10 Å². The first-order valence-corrected chi connectivity index (χ1v) is 11.3. The lowest BCUT2D eigenvalue weighted by molar-refractivity contribution is 0.394. The third-order valence-corrected chi connectivity index (χ3v) is 6.32. The van der Waals surface area contributed by atoms with Gasteiger partial charge < -0.3 is 9.47 Å². The molecule has 0 aliphatic carbocycles. The van der Waals surface area contributed by atoms with Crippen LogP contribution in [0, 0.1) is 0 Å². The van der Waals surface area contributed by atoms with Crippen molar-refractivity contribution in [2.45, 2.75) is 9.79 Å². The second kappa shape index (κ2) is 10.1. The molecule has 0 amide bonds. The fourth-order valence-electron chi connectivity index (χ4n) is 2.89. The quantitative estimate of drug-likeness (QED) is 0.249. The van der Waals surface area contributed by atoms with Gasteiger partial charge in [-0.3, -0.25) is 5.43 Å². The minimum Gasteiger partial charge on any atom is -0.497 e. The highest BCUT2D eigenvalue weighted by molar-refractivity contribution is 7.99. The van der Waals surface area contributed by atoms with Crippen LogP contribution >= 0.6 is 23.1 Å². The number of anilines is 1. The molecule has 31 heavy (non-hydrogen) atoms. The van der Waals surface area contributed by atoms with Crippen LogP contribution in [-0.4, -0.2) is 25.4 Å². The fraction of sp³-hybridized carbons (Fsp3) is 0.0833. The number of methoxy groups -OCH3 is 2. The minimum atomic E-state index is 0.745. The van der Waals surface area contributed by atoms with Gasteiger partial charge in [0.25, 0.3) is 0 Å². The number of thiazole rings is 1. The van der Waals surface area contributed by atoms with Gasteiger partial charge in [0.1, 0.15) is 11.5 Å². The number of rotatable bonds is 8. The number of hydrazone groups is 1. The molecule has 1 heterocycles. The summed E-state index contributed by atoms with van der Waals surface area (Å²) in [5, 5.41) is 7.17. The standard InChI is InChI=1S/C24H21N3O2S2/c1-28-19-12-13-21(29-2)23(14-19)31-22-11-7-6-10-18(22)15-25-27-24-26-20(16-30-24)17-8-4-3-5-9-17/h3-16H,1-2H3,(H,26,27). The smallest absolute Gasteiger partial charge is 0.203 e. The van der Waals surface area contributed by atoms with Crippen LogP contribution in [-0.2, 0) is 0 Å². The Morgan fingerprint density at radius 3 is 2.55 bits per heavy atom. The van der Waals surface area contributed by atoms with E-state index in [1.165, 1.54) is 11.3 Å². The molecule has 0 saturated heterocycles. The summed E-state index contributed by atoms with van der Waals surface area (Å²) < 4.78 is 10.9. The number of aromatic nitrogens is 1. The lowest BCUT2D eigenvalue weighted by atomic mass is 10.2. The molecule has 0 bridgehead atoms. The van der Waals surface area contributed by atoms with E-state index in [9.17, 15) is 0 Å². The SMILES string of the molecule is COc1ccc(OC)c(Sc2ccccc2C=NNc2nc(-c3ccccc3)cs2)c1. The van der Waals surface area contributed by atoms with Crippen LogP contribution in [0.2, 0.25) is 0 Å². The molecule has 4 aromatic rings. The summed E-state index contributed by atoms with van der Waals surface area (Å²) in [6.45, 7) is 0. The molecule has 0 fully saturated rings. The van der Waals surface area contributed by atoms with Crippen molar-refractivity contribution in [1.29, 1.82) is 0 Å². The zero-order valence-corrected chi connectivity index (χ0v) is 18.7. The van der Waals surface area contributed by atoms with E-state index in [-0.39, 0.29) is 0 Å². The van der Waals surface area contributed by atoms with E-state index < -0.39 is 0 Å². The number of hydrogen-bond donors (Lipinski definition) is 1. The van der Waals surface area contributed by atoms with E-state index in [1.807, 2.05) is 72.1 Å². The molecule has 156 valence electrons. The molecule has 0 aliphatic heterocycles. The van der Waals surface area contributed by atoms with Gasteiger partial charge >= 0.3 is 0 Å². The first-order valence-electron chi connectivity index (χ1n) is 9.56. The van der Waals surface area contributed by atoms with Gasteiger partial charge in [-0.2, -0.15) is 5.10 Å². The highest BCUT2D eigenvalue weighted by atomic mass is 32.2. The molecule has 0 unspecified atom stereocenters. The second-order valence-electron chi connectivity index (χ2n) is 6.43. The van der Waals surface area contributed by atoms with Crippen LogP contribution in [0.1, 0.15) is 5.56 Å². The van der Waals surface area contributed by atoms with Gasteiger partial charge in [-0.05, 0) is 24.3 Å². The zero-order chi connectivity index (χ0) is 21.5. The van der Waals surface area contributed by atoms with Gasteiger partial charge in [-0.15, -0.1) is 11.3 Å². The van der Waals surface area contributed by atoms with Crippen molar-refractivity contribution < 1.29 is 9.47 Å². The van der Waals surface area contributed by atoms with Gasteiger partial charge in [0.15, 0.2) is 0 Å². The molecule has 0 aliphatic rings. The van der Waals surface area contributed by atoms with Crippen LogP contribution in [0.3, 0.4) is 0 Å². The maximum atomic E-state index is 5.51. The third kappa shape index (κ3) is 5.25. The predicted molar refractivity (Wildman–Crippen MR) is 129 cm³/mol. The highest BCUT2D eigenvalue weighted by Crippen LogP contribution is 2.38. The number of nitrogens with zero attached hydrogens (tertiary/aromatic N) is 2. The maximum absolute atomic E-state index is 5.51. The first kappa shape index (κ1) is 21.0. The molecular formula is C24H21N3O2S2. The predicted octanol–water partition coefficient (Wildman–Crippen LogP) is 6.42. The molecule has 5 nitrogen and oxygen atoms in total. The summed E-state index contributed by atoms with van der Waals surface area (Å²) in [5.74, 6) is 1.58. The minimum absolute atomic E-state index is 0.745. The second-order valence-corrected chi connectivity index (χ2v) is 8.37. The van der Waals surface area contributed by atoms with E-state index in [0.717, 1.165) is 43.2 Å². The lowest BCUT2D eigenvalue weighted by Crippen LogP contribution is -1.93. The van der Waals surface area contributed by atoms with Crippen molar-refractivity contribution in [3.63, 3.8) is 0 Å². The Balaban J connectivity index is 1.49. The number of nitrogens with one attached hydrogen (secondary N) is 1. The summed E-state index contributed by atoms with van der Waals surface area (Å²) in [6, 6.07) is 23.9. The summed E-state index contributed by atoms with van der Waals surface area (Å²) in [4.78, 5) is 6.64. The molecule has 0 atom stereocenters. The van der Waals surface area contributed by atoms with Gasteiger partial charge in [-0.25, -0.2) is 4.98 Å². The molecular weight excluding hydrogens is 426 g/mol. The van der Waals surface area contributed by atoms with Crippen LogP contribution in [0.4, 0.5) is 5.13 Å². The summed E-state index contributed by atoms with van der Waals surface area (Å²) >= 11 is 3.13. The molecule has 7 heteroatoms. The normalized spacial score (nSPS) is 10.9. The Kier molecular flexibility index (Phi) is 6.86. The Hall–Kier alpha value is -3.29. The third-order valence-electron chi connectivity index (χ3n) is 4.45. The molecule has 0 radical (unpaired) electrons. The van der Waals surface area contributed by atoms with Crippen molar-refractivity contribution in [2.75, 3.05) is 19.6 Å². The monoisotopic (exact) mass is 447 g/mol. The molecule has 1 N–H and O–H groups in total. The van der Waals surface area contributed by atoms with Crippen LogP contribution in [0.15, 0.2) is 93.1 Å². The Morgan fingerprint density at radius 1 is 0.935 bits per heavy atom. The molecule has 1 aromatic heterocycles. The largest absolute Gasteiger partial charge is 0.497 e. The van der Waals surface area contributed by atoms with Crippen LogP contribution < -0.4 is 14.9 Å². The van der Waals surface area contributed by atoms with Gasteiger partial charge in [-0.1, -0.05) is 60.3 Å². The topological polar surface area (TPSA) is 55.7 Å². The Labute approximate surface area is 189 Å². The van der Waals surface area contributed by atoms with E-state index in [1.54, 1.807) is 32.2 Å². The van der Waals surface area contributed by atoms with Crippen molar-refractivity contribution in [3.8, 4) is 22.8 Å². The van der Waals surface area contributed by atoms with Gasteiger partial charge in [0.05, 0.1) is 31.0 Å². The zero-order valence-electron chi connectivity index (χ0n) is 17.1. The Morgan fingerprint density at radius 2 is 1.74 bits per heavy atom. The van der Waals surface area contributed by atoms with Crippen molar-refractivity contribution in [1.82, 2.24) is 4.98 Å². The van der Waals surface area contributed by atoms with Crippen molar-refractivity contribution in [3.05, 3.63) is 83.7 Å². The van der Waals surface area contributed by atoms with Crippen molar-refractivity contribution >= 4 is 34.4 Å². The van der Waals surface area contributed by atoms with E-state index in [0.29, 0.717) is 0 Å². The van der Waals surface area contributed by atoms with E-state index >= 15 is 0 Å².